The summed E-state index contributed by atoms with van der Waals surface area (Å²) >= 11 is 0. The summed E-state index contributed by atoms with van der Waals surface area (Å²) in [4.78, 5) is 25.5. The first-order valence-electron chi connectivity index (χ1n) is 10.6. The third kappa shape index (κ3) is 4.93. The molecule has 3 heterocycles. The van der Waals surface area contributed by atoms with Gasteiger partial charge in [0.05, 0.1) is 6.04 Å². The number of urea groups is 1. The Labute approximate surface area is 182 Å². The normalized spacial score (nSPS) is 15.8. The summed E-state index contributed by atoms with van der Waals surface area (Å²) in [6, 6.07) is 8.05. The Morgan fingerprint density at radius 1 is 1.19 bits per heavy atom. The van der Waals surface area contributed by atoms with Crippen molar-refractivity contribution in [3.63, 3.8) is 0 Å². The van der Waals surface area contributed by atoms with Crippen molar-refractivity contribution in [2.24, 2.45) is 7.05 Å². The topological polar surface area (TPSA) is 92.3 Å². The SMILES string of the molecule is Cc1ccc(-c2noc([C@@H](C)N3CCN(C(=O)NCCc4nccn4C)CC3)n2)cc1. The quantitative estimate of drug-likeness (QED) is 0.655. The lowest BCUT2D eigenvalue weighted by atomic mass is 10.1. The van der Waals surface area contributed by atoms with Crippen molar-refractivity contribution < 1.29 is 9.32 Å². The van der Waals surface area contributed by atoms with Crippen LogP contribution in [0, 0.1) is 6.92 Å². The van der Waals surface area contributed by atoms with Gasteiger partial charge in [-0.05, 0) is 13.8 Å². The zero-order valence-electron chi connectivity index (χ0n) is 18.3. The van der Waals surface area contributed by atoms with Crippen LogP contribution in [0.2, 0.25) is 0 Å². The molecule has 2 amide bonds. The van der Waals surface area contributed by atoms with Gasteiger partial charge in [-0.15, -0.1) is 0 Å². The molecule has 1 aliphatic heterocycles. The molecule has 1 aliphatic rings. The van der Waals surface area contributed by atoms with E-state index in [0.29, 0.717) is 37.8 Å². The van der Waals surface area contributed by atoms with E-state index in [2.05, 4.69) is 32.3 Å². The van der Waals surface area contributed by atoms with Crippen LogP contribution in [-0.2, 0) is 13.5 Å². The second kappa shape index (κ2) is 9.30. The largest absolute Gasteiger partial charge is 0.338 e. The number of amides is 2. The highest BCUT2D eigenvalue weighted by Crippen LogP contribution is 2.23. The number of piperazine rings is 1. The molecule has 4 rings (SSSR count). The maximum absolute atomic E-state index is 12.5. The average Bonchev–Trinajstić information content (AvgIpc) is 3.43. The fourth-order valence-corrected chi connectivity index (χ4v) is 3.72. The van der Waals surface area contributed by atoms with E-state index >= 15 is 0 Å². The minimum Gasteiger partial charge on any atom is -0.338 e. The van der Waals surface area contributed by atoms with E-state index in [1.807, 2.05) is 53.9 Å². The Morgan fingerprint density at radius 2 is 1.94 bits per heavy atom. The molecule has 164 valence electrons. The van der Waals surface area contributed by atoms with Crippen LogP contribution in [0.3, 0.4) is 0 Å². The second-order valence-corrected chi connectivity index (χ2v) is 7.96. The van der Waals surface area contributed by atoms with Crippen LogP contribution in [0.4, 0.5) is 4.79 Å². The molecule has 0 radical (unpaired) electrons. The van der Waals surface area contributed by atoms with Gasteiger partial charge in [-0.3, -0.25) is 4.90 Å². The van der Waals surface area contributed by atoms with Gasteiger partial charge in [-0.25, -0.2) is 9.78 Å². The molecule has 0 aliphatic carbocycles. The monoisotopic (exact) mass is 423 g/mol. The first-order valence-corrected chi connectivity index (χ1v) is 10.6. The smallest absolute Gasteiger partial charge is 0.317 e. The van der Waals surface area contributed by atoms with Crippen molar-refractivity contribution in [2.75, 3.05) is 32.7 Å². The number of nitrogens with zero attached hydrogens (tertiary/aromatic N) is 6. The zero-order valence-corrected chi connectivity index (χ0v) is 18.3. The Balaban J connectivity index is 1.26. The number of carbonyl (C=O) groups excluding carboxylic acids is 1. The number of hydrogen-bond donors (Lipinski definition) is 1. The minimum absolute atomic E-state index is 0.000301. The standard InChI is InChI=1S/C22H29N7O2/c1-16-4-6-18(7-5-16)20-25-21(31-26-20)17(2)28-12-14-29(15-13-28)22(30)24-9-8-19-23-10-11-27(19)3/h4-7,10-11,17H,8-9,12-15H2,1-3H3,(H,24,30)/t17-/m1/s1. The van der Waals surface area contributed by atoms with Crippen LogP contribution in [0.1, 0.15) is 30.2 Å². The molecule has 0 spiro atoms. The van der Waals surface area contributed by atoms with Crippen LogP contribution in [0.5, 0.6) is 0 Å². The molecule has 2 aromatic heterocycles. The number of hydrogen-bond acceptors (Lipinski definition) is 6. The number of imidazole rings is 1. The summed E-state index contributed by atoms with van der Waals surface area (Å²) in [5.41, 5.74) is 2.14. The van der Waals surface area contributed by atoms with Gasteiger partial charge in [-0.1, -0.05) is 35.0 Å². The molecule has 1 saturated heterocycles. The van der Waals surface area contributed by atoms with Crippen LogP contribution in [0.25, 0.3) is 11.4 Å². The van der Waals surface area contributed by atoms with Crippen molar-refractivity contribution in [3.05, 3.63) is 53.9 Å². The van der Waals surface area contributed by atoms with Crippen molar-refractivity contribution in [3.8, 4) is 11.4 Å². The van der Waals surface area contributed by atoms with Crippen molar-refractivity contribution in [1.29, 1.82) is 0 Å². The molecule has 1 N–H and O–H groups in total. The molecular weight excluding hydrogens is 394 g/mol. The first kappa shape index (κ1) is 21.0. The van der Waals surface area contributed by atoms with E-state index in [9.17, 15) is 4.79 Å². The lowest BCUT2D eigenvalue weighted by molar-refractivity contribution is 0.100. The molecule has 0 bridgehead atoms. The fraction of sp³-hybridized carbons (Fsp3) is 0.455. The van der Waals surface area contributed by atoms with Gasteiger partial charge in [-0.2, -0.15) is 4.98 Å². The second-order valence-electron chi connectivity index (χ2n) is 7.96. The lowest BCUT2D eigenvalue weighted by Crippen LogP contribution is -2.52. The van der Waals surface area contributed by atoms with Gasteiger partial charge in [0.1, 0.15) is 5.82 Å². The third-order valence-corrected chi connectivity index (χ3v) is 5.80. The first-order chi connectivity index (χ1) is 15.0. The lowest BCUT2D eigenvalue weighted by Gasteiger charge is -2.36. The molecule has 1 aromatic carbocycles. The van der Waals surface area contributed by atoms with E-state index in [0.717, 1.165) is 24.5 Å². The highest BCUT2D eigenvalue weighted by molar-refractivity contribution is 5.74. The Morgan fingerprint density at radius 3 is 2.61 bits per heavy atom. The Kier molecular flexibility index (Phi) is 6.31. The highest BCUT2D eigenvalue weighted by atomic mass is 16.5. The molecule has 0 saturated carbocycles. The van der Waals surface area contributed by atoms with Crippen molar-refractivity contribution in [2.45, 2.75) is 26.3 Å². The minimum atomic E-state index is -0.0269. The van der Waals surface area contributed by atoms with Gasteiger partial charge in [0.15, 0.2) is 0 Å². The number of benzene rings is 1. The molecule has 9 heteroatoms. The summed E-state index contributed by atoms with van der Waals surface area (Å²) in [5, 5.41) is 7.14. The van der Waals surface area contributed by atoms with Gasteiger partial charge < -0.3 is 19.3 Å². The number of aromatic nitrogens is 4. The van der Waals surface area contributed by atoms with Gasteiger partial charge in [0, 0.05) is 64.1 Å². The molecule has 3 aromatic rings. The van der Waals surface area contributed by atoms with Crippen molar-refractivity contribution in [1.82, 2.24) is 34.8 Å². The van der Waals surface area contributed by atoms with E-state index in [4.69, 9.17) is 4.52 Å². The highest BCUT2D eigenvalue weighted by Gasteiger charge is 2.27. The molecule has 9 nitrogen and oxygen atoms in total. The molecular formula is C22H29N7O2. The molecule has 0 unspecified atom stereocenters. The van der Waals surface area contributed by atoms with Gasteiger partial charge in [0.25, 0.3) is 0 Å². The Hall–Kier alpha value is -3.20. The van der Waals surface area contributed by atoms with E-state index < -0.39 is 0 Å². The summed E-state index contributed by atoms with van der Waals surface area (Å²) < 4.78 is 7.50. The summed E-state index contributed by atoms with van der Waals surface area (Å²) in [6.45, 7) is 7.54. The third-order valence-electron chi connectivity index (χ3n) is 5.80. The molecule has 31 heavy (non-hydrogen) atoms. The summed E-state index contributed by atoms with van der Waals surface area (Å²) in [5.74, 6) is 2.17. The number of aryl methyl sites for hydroxylation is 2. The average molecular weight is 424 g/mol. The number of carbonyl (C=O) groups is 1. The number of nitrogens with one attached hydrogen (secondary N) is 1. The van der Waals surface area contributed by atoms with Crippen LogP contribution in [-0.4, -0.2) is 68.2 Å². The van der Waals surface area contributed by atoms with Gasteiger partial charge >= 0.3 is 6.03 Å². The number of rotatable bonds is 6. The molecule has 1 atom stereocenters. The van der Waals surface area contributed by atoms with Crippen LogP contribution in [0.15, 0.2) is 41.2 Å². The predicted molar refractivity (Wildman–Crippen MR) is 116 cm³/mol. The summed E-state index contributed by atoms with van der Waals surface area (Å²) in [7, 11) is 1.96. The molecule has 1 fully saturated rings. The van der Waals surface area contributed by atoms with Gasteiger partial charge in [0.2, 0.25) is 11.7 Å². The summed E-state index contributed by atoms with van der Waals surface area (Å²) in [6.07, 6.45) is 4.39. The van der Waals surface area contributed by atoms with Crippen molar-refractivity contribution >= 4 is 6.03 Å². The van der Waals surface area contributed by atoms with E-state index in [-0.39, 0.29) is 12.1 Å². The maximum atomic E-state index is 12.5. The fourth-order valence-electron chi connectivity index (χ4n) is 3.72. The van der Waals surface area contributed by atoms with E-state index in [1.54, 1.807) is 6.20 Å². The zero-order chi connectivity index (χ0) is 21.8. The maximum Gasteiger partial charge on any atom is 0.317 e. The van der Waals surface area contributed by atoms with Crippen LogP contribution < -0.4 is 5.32 Å². The van der Waals surface area contributed by atoms with E-state index in [1.165, 1.54) is 5.56 Å². The van der Waals surface area contributed by atoms with Crippen LogP contribution >= 0.6 is 0 Å². The predicted octanol–water partition coefficient (Wildman–Crippen LogP) is 2.41. The Bertz CT molecular complexity index is 1000.